The number of para-hydroxylation sites is 1. The van der Waals surface area contributed by atoms with Crippen LogP contribution < -0.4 is 4.74 Å². The Morgan fingerprint density at radius 3 is 2.81 bits per heavy atom. The van der Waals surface area contributed by atoms with E-state index in [9.17, 15) is 9.90 Å². The van der Waals surface area contributed by atoms with E-state index >= 15 is 0 Å². The molecule has 1 aromatic carbocycles. The quantitative estimate of drug-likeness (QED) is 0.905. The van der Waals surface area contributed by atoms with Crippen LogP contribution in [0.1, 0.15) is 38.7 Å². The number of methoxy groups -OCH3 is 1. The average molecular weight is 292 g/mol. The summed E-state index contributed by atoms with van der Waals surface area (Å²) < 4.78 is 11.3. The van der Waals surface area contributed by atoms with Gasteiger partial charge in [0.05, 0.1) is 19.6 Å². The van der Waals surface area contributed by atoms with Crippen molar-refractivity contribution in [3.05, 3.63) is 29.8 Å². The maximum absolute atomic E-state index is 11.4. The van der Waals surface area contributed by atoms with Gasteiger partial charge in [0.15, 0.2) is 0 Å². The largest absolute Gasteiger partial charge is 0.496 e. The molecule has 1 aliphatic heterocycles. The van der Waals surface area contributed by atoms with Crippen LogP contribution in [0.4, 0.5) is 0 Å². The van der Waals surface area contributed by atoms with Gasteiger partial charge in [-0.2, -0.15) is 0 Å². The van der Waals surface area contributed by atoms with Gasteiger partial charge in [0.2, 0.25) is 0 Å². The molecule has 1 saturated heterocycles. The van der Waals surface area contributed by atoms with E-state index < -0.39 is 11.4 Å². The molecule has 1 heterocycles. The second-order valence-electron chi connectivity index (χ2n) is 6.16. The van der Waals surface area contributed by atoms with Crippen LogP contribution in [-0.4, -0.2) is 30.9 Å². The minimum absolute atomic E-state index is 0.0861. The van der Waals surface area contributed by atoms with Crippen LogP contribution in [0.2, 0.25) is 0 Å². The van der Waals surface area contributed by atoms with Crippen LogP contribution in [0.5, 0.6) is 5.75 Å². The highest BCUT2D eigenvalue weighted by Gasteiger charge is 2.42. The van der Waals surface area contributed by atoms with Crippen molar-refractivity contribution in [3.63, 3.8) is 0 Å². The molecule has 0 radical (unpaired) electrons. The monoisotopic (exact) mass is 292 g/mol. The van der Waals surface area contributed by atoms with E-state index in [1.54, 1.807) is 7.11 Å². The number of hydrogen-bond donors (Lipinski definition) is 1. The number of aliphatic carboxylic acids is 1. The molecule has 21 heavy (non-hydrogen) atoms. The molecule has 2 rings (SSSR count). The van der Waals surface area contributed by atoms with Crippen molar-refractivity contribution in [2.45, 2.75) is 44.6 Å². The standard InChI is InChI=1S/C17H24O4/c1-12(2)15-10-17(8-9-21-15,11-16(18)19)13-6-4-5-7-14(13)20-3/h4-7,12,15H,8-11H2,1-3H3,(H,18,19)/t15-,17+/m1/s1. The molecule has 1 aromatic rings. The van der Waals surface area contributed by atoms with E-state index in [0.29, 0.717) is 18.9 Å². The van der Waals surface area contributed by atoms with Crippen LogP contribution in [0.25, 0.3) is 0 Å². The Balaban J connectivity index is 2.43. The normalized spacial score (nSPS) is 25.8. The van der Waals surface area contributed by atoms with Crippen molar-refractivity contribution in [1.29, 1.82) is 0 Å². The van der Waals surface area contributed by atoms with Crippen LogP contribution >= 0.6 is 0 Å². The van der Waals surface area contributed by atoms with Crippen molar-refractivity contribution in [1.82, 2.24) is 0 Å². The highest BCUT2D eigenvalue weighted by Crippen LogP contribution is 2.45. The molecule has 2 atom stereocenters. The highest BCUT2D eigenvalue weighted by molar-refractivity contribution is 5.69. The predicted molar refractivity (Wildman–Crippen MR) is 80.7 cm³/mol. The van der Waals surface area contributed by atoms with Gasteiger partial charge in [-0.1, -0.05) is 32.0 Å². The fourth-order valence-corrected chi connectivity index (χ4v) is 3.25. The molecule has 0 saturated carbocycles. The molecular weight excluding hydrogens is 268 g/mol. The van der Waals surface area contributed by atoms with Crippen LogP contribution in [0.15, 0.2) is 24.3 Å². The highest BCUT2D eigenvalue weighted by atomic mass is 16.5. The molecule has 0 spiro atoms. The maximum Gasteiger partial charge on any atom is 0.304 e. The summed E-state index contributed by atoms with van der Waals surface area (Å²) in [5, 5.41) is 9.40. The number of carbonyl (C=O) groups is 1. The summed E-state index contributed by atoms with van der Waals surface area (Å²) >= 11 is 0. The third-order valence-electron chi connectivity index (χ3n) is 4.42. The second-order valence-corrected chi connectivity index (χ2v) is 6.16. The third kappa shape index (κ3) is 3.38. The lowest BCUT2D eigenvalue weighted by molar-refractivity contribution is -0.140. The number of benzene rings is 1. The summed E-state index contributed by atoms with van der Waals surface area (Å²) in [5.41, 5.74) is 0.579. The zero-order valence-electron chi connectivity index (χ0n) is 13.0. The van der Waals surface area contributed by atoms with Crippen LogP contribution in [0.3, 0.4) is 0 Å². The van der Waals surface area contributed by atoms with Crippen molar-refractivity contribution in [2.24, 2.45) is 5.92 Å². The van der Waals surface area contributed by atoms with E-state index in [-0.39, 0.29) is 12.5 Å². The molecule has 116 valence electrons. The van der Waals surface area contributed by atoms with E-state index in [4.69, 9.17) is 9.47 Å². The lowest BCUT2D eigenvalue weighted by Gasteiger charge is -2.42. The summed E-state index contributed by atoms with van der Waals surface area (Å²) in [7, 11) is 1.63. The number of hydrogen-bond acceptors (Lipinski definition) is 3. The van der Waals surface area contributed by atoms with Gasteiger partial charge in [-0.25, -0.2) is 0 Å². The molecule has 0 bridgehead atoms. The Hall–Kier alpha value is -1.55. The van der Waals surface area contributed by atoms with E-state index in [1.165, 1.54) is 0 Å². The van der Waals surface area contributed by atoms with Gasteiger partial charge in [0.25, 0.3) is 0 Å². The Morgan fingerprint density at radius 1 is 1.48 bits per heavy atom. The maximum atomic E-state index is 11.4. The fraction of sp³-hybridized carbons (Fsp3) is 0.588. The van der Waals surface area contributed by atoms with Crippen molar-refractivity contribution in [2.75, 3.05) is 13.7 Å². The first-order valence-corrected chi connectivity index (χ1v) is 7.45. The molecule has 0 amide bonds. The van der Waals surface area contributed by atoms with E-state index in [2.05, 4.69) is 13.8 Å². The van der Waals surface area contributed by atoms with E-state index in [1.807, 2.05) is 24.3 Å². The van der Waals surface area contributed by atoms with Gasteiger partial charge in [0, 0.05) is 17.6 Å². The van der Waals surface area contributed by atoms with Gasteiger partial charge in [0.1, 0.15) is 5.75 Å². The smallest absolute Gasteiger partial charge is 0.304 e. The molecule has 0 aliphatic carbocycles. The number of rotatable bonds is 5. The number of carboxylic acid groups (broad SMARTS) is 1. The van der Waals surface area contributed by atoms with Crippen LogP contribution in [0, 0.1) is 5.92 Å². The lowest BCUT2D eigenvalue weighted by atomic mass is 9.68. The Kier molecular flexibility index (Phi) is 4.88. The summed E-state index contributed by atoms with van der Waals surface area (Å²) in [4.78, 5) is 11.4. The molecular formula is C17H24O4. The summed E-state index contributed by atoms with van der Waals surface area (Å²) in [6, 6.07) is 7.75. The topological polar surface area (TPSA) is 55.8 Å². The zero-order chi connectivity index (χ0) is 15.5. The molecule has 0 unspecified atom stereocenters. The lowest BCUT2D eigenvalue weighted by Crippen LogP contribution is -2.42. The summed E-state index contributed by atoms with van der Waals surface area (Å²) in [6.45, 7) is 4.82. The SMILES string of the molecule is COc1ccccc1[C@@]1(CC(=O)O)CCO[C@@H](C(C)C)C1. The van der Waals surface area contributed by atoms with Crippen molar-refractivity contribution < 1.29 is 19.4 Å². The zero-order valence-corrected chi connectivity index (χ0v) is 13.0. The minimum atomic E-state index is -0.773. The van der Waals surface area contributed by atoms with Gasteiger partial charge in [-0.15, -0.1) is 0 Å². The molecule has 1 fully saturated rings. The molecule has 1 aliphatic rings. The van der Waals surface area contributed by atoms with Gasteiger partial charge in [-0.3, -0.25) is 4.79 Å². The Bertz CT molecular complexity index is 497. The van der Waals surface area contributed by atoms with Gasteiger partial charge >= 0.3 is 5.97 Å². The average Bonchev–Trinajstić information content (AvgIpc) is 2.46. The first-order valence-electron chi connectivity index (χ1n) is 7.45. The molecule has 1 N–H and O–H groups in total. The summed E-state index contributed by atoms with van der Waals surface area (Å²) in [6.07, 6.45) is 1.63. The Labute approximate surface area is 126 Å². The minimum Gasteiger partial charge on any atom is -0.496 e. The first kappa shape index (κ1) is 15.8. The first-order chi connectivity index (χ1) is 9.98. The van der Waals surface area contributed by atoms with Gasteiger partial charge in [-0.05, 0) is 24.8 Å². The molecule has 4 heteroatoms. The third-order valence-corrected chi connectivity index (χ3v) is 4.42. The predicted octanol–water partition coefficient (Wildman–Crippen LogP) is 3.24. The number of ether oxygens (including phenoxy) is 2. The Morgan fingerprint density at radius 2 is 2.19 bits per heavy atom. The molecule has 0 aromatic heterocycles. The van der Waals surface area contributed by atoms with E-state index in [0.717, 1.165) is 17.7 Å². The summed E-state index contributed by atoms with van der Waals surface area (Å²) in [5.74, 6) is 0.363. The second kappa shape index (κ2) is 6.48. The fourth-order valence-electron chi connectivity index (χ4n) is 3.25. The van der Waals surface area contributed by atoms with Crippen molar-refractivity contribution in [3.8, 4) is 5.75 Å². The van der Waals surface area contributed by atoms with Gasteiger partial charge < -0.3 is 14.6 Å². The van der Waals surface area contributed by atoms with Crippen LogP contribution in [-0.2, 0) is 14.9 Å². The number of carboxylic acids is 1. The molecule has 4 nitrogen and oxygen atoms in total. The van der Waals surface area contributed by atoms with Crippen molar-refractivity contribution >= 4 is 5.97 Å².